The van der Waals surface area contributed by atoms with E-state index >= 15 is 0 Å². The SMILES string of the molecule is NC(=O)CN(CC(N)=O)CC(=O)c1cc(Cl)sc1Cl. The van der Waals surface area contributed by atoms with Gasteiger partial charge in [0.05, 0.1) is 29.5 Å². The minimum Gasteiger partial charge on any atom is -0.369 e. The Bertz CT molecular complexity index is 502. The second kappa shape index (κ2) is 6.85. The molecule has 1 heterocycles. The van der Waals surface area contributed by atoms with E-state index in [1.54, 1.807) is 0 Å². The number of hydrogen-bond acceptors (Lipinski definition) is 5. The molecule has 0 unspecified atom stereocenters. The number of thiophene rings is 1. The molecule has 0 aromatic carbocycles. The molecular weight excluding hydrogens is 313 g/mol. The van der Waals surface area contributed by atoms with Crippen LogP contribution in [0.2, 0.25) is 8.67 Å². The van der Waals surface area contributed by atoms with Gasteiger partial charge in [-0.05, 0) is 6.07 Å². The van der Waals surface area contributed by atoms with Gasteiger partial charge in [-0.25, -0.2) is 0 Å². The molecule has 1 rings (SSSR count). The third-order valence-corrected chi connectivity index (χ3v) is 3.57. The minimum atomic E-state index is -0.663. The van der Waals surface area contributed by atoms with Crippen LogP contribution in [0.15, 0.2) is 6.07 Å². The Hall–Kier alpha value is -1.15. The van der Waals surface area contributed by atoms with Crippen LogP contribution in [0.3, 0.4) is 0 Å². The van der Waals surface area contributed by atoms with Crippen LogP contribution in [0.1, 0.15) is 10.4 Å². The number of nitrogens with zero attached hydrogens (tertiary/aromatic N) is 1. The largest absolute Gasteiger partial charge is 0.369 e. The fourth-order valence-corrected chi connectivity index (χ4v) is 2.93. The first-order chi connectivity index (χ1) is 8.79. The molecule has 6 nitrogen and oxygen atoms in total. The zero-order chi connectivity index (χ0) is 14.6. The van der Waals surface area contributed by atoms with Crippen molar-refractivity contribution in [1.82, 2.24) is 4.90 Å². The van der Waals surface area contributed by atoms with Gasteiger partial charge >= 0.3 is 0 Å². The summed E-state index contributed by atoms with van der Waals surface area (Å²) in [4.78, 5) is 34.9. The summed E-state index contributed by atoms with van der Waals surface area (Å²) < 4.78 is 0.637. The first-order valence-corrected chi connectivity index (χ1v) is 6.64. The molecule has 0 bridgehead atoms. The highest BCUT2D eigenvalue weighted by atomic mass is 35.5. The summed E-state index contributed by atoms with van der Waals surface area (Å²) >= 11 is 12.6. The molecule has 0 radical (unpaired) electrons. The number of rotatable bonds is 7. The zero-order valence-corrected chi connectivity index (χ0v) is 12.0. The van der Waals surface area contributed by atoms with Crippen molar-refractivity contribution in [2.75, 3.05) is 19.6 Å². The van der Waals surface area contributed by atoms with Gasteiger partial charge in [0, 0.05) is 0 Å². The van der Waals surface area contributed by atoms with Gasteiger partial charge in [-0.2, -0.15) is 0 Å². The Morgan fingerprint density at radius 3 is 2.00 bits per heavy atom. The van der Waals surface area contributed by atoms with Gasteiger partial charge < -0.3 is 11.5 Å². The van der Waals surface area contributed by atoms with Crippen molar-refractivity contribution < 1.29 is 14.4 Å². The number of carbonyl (C=O) groups excluding carboxylic acids is 3. The van der Waals surface area contributed by atoms with E-state index in [0.717, 1.165) is 11.3 Å². The Morgan fingerprint density at radius 1 is 1.11 bits per heavy atom. The quantitative estimate of drug-likeness (QED) is 0.713. The number of primary amides is 2. The average molecular weight is 324 g/mol. The molecule has 0 aliphatic carbocycles. The number of ketones is 1. The number of Topliss-reactive ketones (excluding diaryl/α,β-unsaturated/α-hetero) is 1. The van der Waals surface area contributed by atoms with Crippen LogP contribution in [0.4, 0.5) is 0 Å². The number of nitrogens with two attached hydrogens (primary N) is 2. The van der Waals surface area contributed by atoms with Gasteiger partial charge in [-0.15, -0.1) is 11.3 Å². The van der Waals surface area contributed by atoms with Crippen LogP contribution in [0.5, 0.6) is 0 Å². The highest BCUT2D eigenvalue weighted by Crippen LogP contribution is 2.31. The molecule has 4 N–H and O–H groups in total. The predicted molar refractivity (Wildman–Crippen MR) is 73.5 cm³/mol. The molecule has 0 aliphatic rings. The number of carbonyl (C=O) groups is 3. The van der Waals surface area contributed by atoms with E-state index in [4.69, 9.17) is 34.7 Å². The van der Waals surface area contributed by atoms with Crippen molar-refractivity contribution in [3.8, 4) is 0 Å². The molecule has 0 saturated heterocycles. The first-order valence-electron chi connectivity index (χ1n) is 5.06. The first kappa shape index (κ1) is 15.9. The molecule has 0 spiro atoms. The second-order valence-corrected chi connectivity index (χ2v) is 6.02. The Balaban J connectivity index is 2.78. The monoisotopic (exact) mass is 323 g/mol. The Kier molecular flexibility index (Phi) is 5.74. The van der Waals surface area contributed by atoms with Gasteiger partial charge in [-0.1, -0.05) is 23.2 Å². The molecule has 0 saturated carbocycles. The van der Waals surface area contributed by atoms with Crippen molar-refractivity contribution >= 4 is 52.1 Å². The van der Waals surface area contributed by atoms with Crippen LogP contribution in [0.25, 0.3) is 0 Å². The van der Waals surface area contributed by atoms with Crippen LogP contribution >= 0.6 is 34.5 Å². The summed E-state index contributed by atoms with van der Waals surface area (Å²) in [6.07, 6.45) is 0. The van der Waals surface area contributed by atoms with Crippen molar-refractivity contribution in [2.45, 2.75) is 0 Å². The lowest BCUT2D eigenvalue weighted by Crippen LogP contribution is -2.42. The third kappa shape index (κ3) is 5.15. The summed E-state index contributed by atoms with van der Waals surface area (Å²) in [6.45, 7) is -0.688. The predicted octanol–water partition coefficient (Wildman–Crippen LogP) is 0.510. The Morgan fingerprint density at radius 2 is 1.63 bits per heavy atom. The standard InChI is InChI=1S/C10H11Cl2N3O3S/c11-7-1-5(10(12)19-7)6(16)2-15(3-8(13)17)4-9(14)18/h1H,2-4H2,(H2,13,17)(H2,14,18). The maximum atomic E-state index is 12.0. The van der Waals surface area contributed by atoms with Crippen molar-refractivity contribution in [1.29, 1.82) is 0 Å². The molecule has 1 aromatic heterocycles. The molecule has 9 heteroatoms. The van der Waals surface area contributed by atoms with E-state index in [0.29, 0.717) is 4.34 Å². The number of amides is 2. The van der Waals surface area contributed by atoms with Crippen molar-refractivity contribution in [3.05, 3.63) is 20.3 Å². The van der Waals surface area contributed by atoms with Crippen molar-refractivity contribution in [3.63, 3.8) is 0 Å². The lowest BCUT2D eigenvalue weighted by molar-refractivity contribution is -0.121. The van der Waals surface area contributed by atoms with E-state index < -0.39 is 11.8 Å². The fourth-order valence-electron chi connectivity index (χ4n) is 1.43. The van der Waals surface area contributed by atoms with Crippen LogP contribution in [-0.2, 0) is 9.59 Å². The second-order valence-electron chi connectivity index (χ2n) is 3.74. The normalized spacial score (nSPS) is 10.7. The van der Waals surface area contributed by atoms with E-state index in [9.17, 15) is 14.4 Å². The molecule has 0 aliphatic heterocycles. The summed E-state index contributed by atoms with van der Waals surface area (Å²) in [7, 11) is 0. The van der Waals surface area contributed by atoms with Crippen LogP contribution < -0.4 is 11.5 Å². The molecule has 0 atom stereocenters. The smallest absolute Gasteiger partial charge is 0.231 e. The summed E-state index contributed by atoms with van der Waals surface area (Å²) in [5, 5.41) is 0. The summed E-state index contributed by atoms with van der Waals surface area (Å²) in [6, 6.07) is 1.43. The lowest BCUT2D eigenvalue weighted by atomic mass is 10.2. The Labute approximate surface area is 123 Å². The van der Waals surface area contributed by atoms with E-state index in [1.807, 2.05) is 0 Å². The molecule has 104 valence electrons. The highest BCUT2D eigenvalue weighted by molar-refractivity contribution is 7.20. The van der Waals surface area contributed by atoms with Crippen LogP contribution in [-0.4, -0.2) is 42.1 Å². The highest BCUT2D eigenvalue weighted by Gasteiger charge is 2.19. The van der Waals surface area contributed by atoms with Gasteiger partial charge in [0.25, 0.3) is 0 Å². The summed E-state index contributed by atoms with van der Waals surface area (Å²) in [5.74, 6) is -1.69. The fraction of sp³-hybridized carbons (Fsp3) is 0.300. The van der Waals surface area contributed by atoms with Crippen molar-refractivity contribution in [2.24, 2.45) is 11.5 Å². The van der Waals surface area contributed by atoms with E-state index in [1.165, 1.54) is 11.0 Å². The van der Waals surface area contributed by atoms with Gasteiger partial charge in [0.15, 0.2) is 5.78 Å². The minimum absolute atomic E-state index is 0.196. The zero-order valence-electron chi connectivity index (χ0n) is 9.69. The van der Waals surface area contributed by atoms with Gasteiger partial charge in [0.1, 0.15) is 4.34 Å². The molecular formula is C10H11Cl2N3O3S. The number of halogens is 2. The molecule has 19 heavy (non-hydrogen) atoms. The number of hydrogen-bond donors (Lipinski definition) is 2. The van der Waals surface area contributed by atoms with E-state index in [2.05, 4.69) is 0 Å². The summed E-state index contributed by atoms with van der Waals surface area (Å²) in [5.41, 5.74) is 10.3. The molecule has 1 aromatic rings. The lowest BCUT2D eigenvalue weighted by Gasteiger charge is -2.17. The topological polar surface area (TPSA) is 106 Å². The third-order valence-electron chi connectivity index (χ3n) is 2.08. The maximum Gasteiger partial charge on any atom is 0.231 e. The van der Waals surface area contributed by atoms with Gasteiger partial charge in [-0.3, -0.25) is 19.3 Å². The molecule has 2 amide bonds. The molecule has 0 fully saturated rings. The average Bonchev–Trinajstić information content (AvgIpc) is 2.55. The van der Waals surface area contributed by atoms with Gasteiger partial charge in [0.2, 0.25) is 11.8 Å². The maximum absolute atomic E-state index is 12.0. The van der Waals surface area contributed by atoms with Crippen LogP contribution in [0, 0.1) is 0 Å². The van der Waals surface area contributed by atoms with E-state index in [-0.39, 0.29) is 35.3 Å².